The van der Waals surface area contributed by atoms with Gasteiger partial charge in [-0.25, -0.2) is 4.99 Å². The van der Waals surface area contributed by atoms with Gasteiger partial charge in [0.1, 0.15) is 0 Å². The Labute approximate surface area is 139 Å². The molecular weight excluding hydrogens is 288 g/mol. The van der Waals surface area contributed by atoms with E-state index in [0.29, 0.717) is 6.54 Å². The maximum atomic E-state index is 11.2. The van der Waals surface area contributed by atoms with E-state index in [4.69, 9.17) is 4.99 Å². The van der Waals surface area contributed by atoms with Crippen molar-refractivity contribution in [1.29, 1.82) is 0 Å². The molecule has 0 saturated carbocycles. The Morgan fingerprint density at radius 1 is 1.43 bits per heavy atom. The Bertz CT molecular complexity index is 556. The molecule has 2 N–H and O–H groups in total. The van der Waals surface area contributed by atoms with Crippen molar-refractivity contribution in [3.63, 3.8) is 0 Å². The number of anilines is 1. The fraction of sp³-hybridized carbons (Fsp3) is 0.556. The third-order valence-electron chi connectivity index (χ3n) is 3.95. The van der Waals surface area contributed by atoms with Crippen molar-refractivity contribution in [1.82, 2.24) is 10.2 Å². The van der Waals surface area contributed by atoms with E-state index in [0.717, 1.165) is 42.8 Å². The Balaban J connectivity index is 2.06. The lowest BCUT2D eigenvalue weighted by Gasteiger charge is -2.33. The van der Waals surface area contributed by atoms with Gasteiger partial charge in [-0.3, -0.25) is 4.79 Å². The highest BCUT2D eigenvalue weighted by Crippen LogP contribution is 2.16. The number of carbonyl (C=O) groups is 1. The van der Waals surface area contributed by atoms with E-state index in [9.17, 15) is 4.79 Å². The first kappa shape index (κ1) is 17.3. The maximum Gasteiger partial charge on any atom is 0.221 e. The summed E-state index contributed by atoms with van der Waals surface area (Å²) in [4.78, 5) is 18.3. The Morgan fingerprint density at radius 3 is 2.96 bits per heavy atom. The Hall–Kier alpha value is -2.04. The van der Waals surface area contributed by atoms with Crippen LogP contribution in [-0.2, 0) is 11.3 Å². The van der Waals surface area contributed by atoms with E-state index in [1.54, 1.807) is 0 Å². The van der Waals surface area contributed by atoms with E-state index in [1.165, 1.54) is 19.8 Å². The standard InChI is InChI=1S/C18H28N4O/c1-4-19-18(22-10-6-7-14(2)13-22)20-12-16-8-5-9-17(11-16)21-15(3)23/h5,8-9,11,14H,4,6-7,10,12-13H2,1-3H3,(H,19,20)(H,21,23). The second kappa shape index (κ2) is 8.56. The van der Waals surface area contributed by atoms with Gasteiger partial charge in [0, 0.05) is 32.2 Å². The number of guanidine groups is 1. The summed E-state index contributed by atoms with van der Waals surface area (Å²) in [5.74, 6) is 1.65. The topological polar surface area (TPSA) is 56.7 Å². The minimum atomic E-state index is -0.0544. The molecule has 5 heteroatoms. The van der Waals surface area contributed by atoms with Crippen LogP contribution in [0.15, 0.2) is 29.3 Å². The van der Waals surface area contributed by atoms with Gasteiger partial charge >= 0.3 is 0 Å². The zero-order valence-corrected chi connectivity index (χ0v) is 14.4. The van der Waals surface area contributed by atoms with Crippen molar-refractivity contribution in [3.05, 3.63) is 29.8 Å². The highest BCUT2D eigenvalue weighted by molar-refractivity contribution is 5.88. The lowest BCUT2D eigenvalue weighted by molar-refractivity contribution is -0.114. The van der Waals surface area contributed by atoms with Gasteiger partial charge in [0.05, 0.1) is 6.54 Å². The van der Waals surface area contributed by atoms with Crippen molar-refractivity contribution in [3.8, 4) is 0 Å². The molecule has 0 aliphatic carbocycles. The predicted octanol–water partition coefficient (Wildman–Crippen LogP) is 2.84. The number of piperidine rings is 1. The largest absolute Gasteiger partial charge is 0.357 e. The van der Waals surface area contributed by atoms with Crippen molar-refractivity contribution >= 4 is 17.6 Å². The lowest BCUT2D eigenvalue weighted by atomic mass is 10.0. The van der Waals surface area contributed by atoms with Gasteiger partial charge in [0.15, 0.2) is 5.96 Å². The smallest absolute Gasteiger partial charge is 0.221 e. The van der Waals surface area contributed by atoms with Gasteiger partial charge in [-0.1, -0.05) is 19.1 Å². The van der Waals surface area contributed by atoms with Crippen LogP contribution in [0.25, 0.3) is 0 Å². The maximum absolute atomic E-state index is 11.2. The van der Waals surface area contributed by atoms with Gasteiger partial charge in [-0.15, -0.1) is 0 Å². The van der Waals surface area contributed by atoms with Crippen LogP contribution in [-0.4, -0.2) is 36.4 Å². The first-order valence-electron chi connectivity index (χ1n) is 8.48. The molecule has 0 aromatic heterocycles. The first-order chi connectivity index (χ1) is 11.1. The first-order valence-corrected chi connectivity index (χ1v) is 8.48. The number of benzene rings is 1. The molecule has 1 aromatic carbocycles. The summed E-state index contributed by atoms with van der Waals surface area (Å²) >= 11 is 0. The van der Waals surface area contributed by atoms with Crippen LogP contribution in [0.5, 0.6) is 0 Å². The average Bonchev–Trinajstić information content (AvgIpc) is 2.51. The number of amides is 1. The number of hydrogen-bond acceptors (Lipinski definition) is 2. The molecule has 0 spiro atoms. The van der Waals surface area contributed by atoms with Crippen LogP contribution in [0.1, 0.15) is 39.2 Å². The average molecular weight is 316 g/mol. The van der Waals surface area contributed by atoms with Gasteiger partial charge in [-0.2, -0.15) is 0 Å². The van der Waals surface area contributed by atoms with Gasteiger partial charge in [0.25, 0.3) is 0 Å². The SMILES string of the molecule is CCNC(=NCc1cccc(NC(C)=O)c1)N1CCCC(C)C1. The third-order valence-corrected chi connectivity index (χ3v) is 3.95. The second-order valence-electron chi connectivity index (χ2n) is 6.25. The van der Waals surface area contributed by atoms with Crippen LogP contribution in [0.2, 0.25) is 0 Å². The number of hydrogen-bond donors (Lipinski definition) is 2. The second-order valence-corrected chi connectivity index (χ2v) is 6.25. The summed E-state index contributed by atoms with van der Waals surface area (Å²) in [7, 11) is 0. The number of nitrogens with one attached hydrogen (secondary N) is 2. The minimum Gasteiger partial charge on any atom is -0.357 e. The van der Waals surface area contributed by atoms with Crippen LogP contribution in [0.3, 0.4) is 0 Å². The molecular formula is C18H28N4O. The van der Waals surface area contributed by atoms with Crippen LogP contribution in [0.4, 0.5) is 5.69 Å². The highest BCUT2D eigenvalue weighted by atomic mass is 16.1. The van der Waals surface area contributed by atoms with Crippen molar-refractivity contribution in [2.24, 2.45) is 10.9 Å². The van der Waals surface area contributed by atoms with E-state index >= 15 is 0 Å². The minimum absolute atomic E-state index is 0.0544. The zero-order chi connectivity index (χ0) is 16.7. The normalized spacial score (nSPS) is 18.7. The van der Waals surface area contributed by atoms with Crippen LogP contribution < -0.4 is 10.6 Å². The molecule has 0 bridgehead atoms. The quantitative estimate of drug-likeness (QED) is 0.663. The predicted molar refractivity (Wildman–Crippen MR) is 95.5 cm³/mol. The monoisotopic (exact) mass is 316 g/mol. The summed E-state index contributed by atoms with van der Waals surface area (Å²) in [6.45, 7) is 9.54. The molecule has 1 atom stereocenters. The fourth-order valence-corrected chi connectivity index (χ4v) is 2.92. The van der Waals surface area contributed by atoms with E-state index in [-0.39, 0.29) is 5.91 Å². The molecule has 1 heterocycles. The van der Waals surface area contributed by atoms with E-state index in [1.807, 2.05) is 24.3 Å². The molecule has 1 amide bonds. The number of carbonyl (C=O) groups excluding carboxylic acids is 1. The van der Waals surface area contributed by atoms with Crippen molar-refractivity contribution < 1.29 is 4.79 Å². The molecule has 2 rings (SSSR count). The highest BCUT2D eigenvalue weighted by Gasteiger charge is 2.18. The van der Waals surface area contributed by atoms with E-state index in [2.05, 4.69) is 29.4 Å². The summed E-state index contributed by atoms with van der Waals surface area (Å²) < 4.78 is 0. The molecule has 1 aliphatic heterocycles. The summed E-state index contributed by atoms with van der Waals surface area (Å²) in [5.41, 5.74) is 1.92. The fourth-order valence-electron chi connectivity index (χ4n) is 2.92. The summed E-state index contributed by atoms with van der Waals surface area (Å²) in [6.07, 6.45) is 2.53. The van der Waals surface area contributed by atoms with Gasteiger partial charge in [0.2, 0.25) is 5.91 Å². The molecule has 0 radical (unpaired) electrons. The number of nitrogens with zero attached hydrogens (tertiary/aromatic N) is 2. The summed E-state index contributed by atoms with van der Waals surface area (Å²) in [5, 5.41) is 6.21. The molecule has 1 aromatic rings. The van der Waals surface area contributed by atoms with Crippen molar-refractivity contribution in [2.45, 2.75) is 40.2 Å². The molecule has 23 heavy (non-hydrogen) atoms. The van der Waals surface area contributed by atoms with Crippen LogP contribution in [0, 0.1) is 5.92 Å². The molecule has 1 unspecified atom stereocenters. The van der Waals surface area contributed by atoms with Crippen LogP contribution >= 0.6 is 0 Å². The Morgan fingerprint density at radius 2 is 2.26 bits per heavy atom. The number of likely N-dealkylation sites (tertiary alicyclic amines) is 1. The summed E-state index contributed by atoms with van der Waals surface area (Å²) in [6, 6.07) is 7.86. The van der Waals surface area contributed by atoms with Crippen molar-refractivity contribution in [2.75, 3.05) is 25.0 Å². The van der Waals surface area contributed by atoms with E-state index < -0.39 is 0 Å². The Kier molecular flexibility index (Phi) is 6.44. The molecule has 5 nitrogen and oxygen atoms in total. The van der Waals surface area contributed by atoms with Gasteiger partial charge in [-0.05, 0) is 43.4 Å². The molecule has 1 aliphatic rings. The third kappa shape index (κ3) is 5.58. The number of aliphatic imine (C=N–C) groups is 1. The lowest BCUT2D eigenvalue weighted by Crippen LogP contribution is -2.46. The number of rotatable bonds is 4. The molecule has 126 valence electrons. The molecule has 1 fully saturated rings. The molecule has 1 saturated heterocycles. The van der Waals surface area contributed by atoms with Gasteiger partial charge < -0.3 is 15.5 Å². The zero-order valence-electron chi connectivity index (χ0n) is 14.4.